The molecule has 0 amide bonds. The van der Waals surface area contributed by atoms with E-state index >= 15 is 0 Å². The maximum Gasteiger partial charge on any atom is 0.157 e. The molecule has 31 heavy (non-hydrogen) atoms. The number of carbonyl (C=O) groups is 1. The lowest BCUT2D eigenvalue weighted by Crippen LogP contribution is -2.56. The third-order valence-electron chi connectivity index (χ3n) is 10.3. The topological polar surface area (TPSA) is 44.1 Å². The molecule has 4 aliphatic rings. The van der Waals surface area contributed by atoms with Gasteiger partial charge in [0.25, 0.3) is 0 Å². The molecule has 8 atom stereocenters. The van der Waals surface area contributed by atoms with Crippen LogP contribution in [0, 0.1) is 46.3 Å². The summed E-state index contributed by atoms with van der Waals surface area (Å²) in [5.41, 5.74) is 0.539. The first kappa shape index (κ1) is 21.9. The number of nitrogens with zero attached hydrogens (tertiary/aromatic N) is 2. The minimum atomic E-state index is 0.151. The highest BCUT2D eigenvalue weighted by atomic mass is 35.5. The van der Waals surface area contributed by atoms with Crippen molar-refractivity contribution in [3.8, 4) is 0 Å². The molecule has 0 spiro atoms. The first-order chi connectivity index (χ1) is 14.9. The number of carbonyl (C=O) groups excluding carboxylic acids is 1. The van der Waals surface area contributed by atoms with Gasteiger partial charge in [-0.25, -0.2) is 0 Å². The van der Waals surface area contributed by atoms with E-state index in [0.717, 1.165) is 36.7 Å². The Hall–Kier alpha value is -0.870. The molecule has 0 aliphatic heterocycles. The van der Waals surface area contributed by atoms with Gasteiger partial charge in [0.2, 0.25) is 0 Å². The molecule has 0 aromatic carbocycles. The monoisotopic (exact) mass is 446 g/mol. The molecule has 0 radical (unpaired) electrons. The number of ether oxygens (including phenoxy) is 1. The van der Waals surface area contributed by atoms with Crippen molar-refractivity contribution >= 4 is 17.4 Å². The molecule has 5 heteroatoms. The minimum Gasteiger partial charge on any atom is -0.384 e. The van der Waals surface area contributed by atoms with Gasteiger partial charge in [-0.1, -0.05) is 31.9 Å². The Balaban J connectivity index is 1.37. The zero-order chi connectivity index (χ0) is 21.8. The lowest BCUT2D eigenvalue weighted by Gasteiger charge is -2.61. The van der Waals surface area contributed by atoms with E-state index in [-0.39, 0.29) is 11.3 Å². The smallest absolute Gasteiger partial charge is 0.157 e. The van der Waals surface area contributed by atoms with E-state index in [0.29, 0.717) is 28.7 Å². The number of ketones is 1. The van der Waals surface area contributed by atoms with E-state index in [1.54, 1.807) is 17.1 Å². The largest absolute Gasteiger partial charge is 0.384 e. The van der Waals surface area contributed by atoms with E-state index in [1.165, 1.54) is 51.4 Å². The molecule has 0 saturated heterocycles. The van der Waals surface area contributed by atoms with E-state index in [9.17, 15) is 4.79 Å². The normalized spacial score (nSPS) is 44.4. The molecule has 172 valence electrons. The number of Topliss-reactive ketones (excluding diaryl/α,β-unsaturated/α-hetero) is 1. The van der Waals surface area contributed by atoms with Crippen LogP contribution in [0.5, 0.6) is 0 Å². The second-order valence-electron chi connectivity index (χ2n) is 11.7. The van der Waals surface area contributed by atoms with Crippen LogP contribution < -0.4 is 0 Å². The summed E-state index contributed by atoms with van der Waals surface area (Å²) in [6.45, 7) is 6.19. The number of methoxy groups -OCH3 is 1. The van der Waals surface area contributed by atoms with Crippen LogP contribution in [0.15, 0.2) is 12.4 Å². The average molecular weight is 447 g/mol. The Labute approximate surface area is 192 Å². The summed E-state index contributed by atoms with van der Waals surface area (Å²) in [6, 6.07) is 0. The Kier molecular flexibility index (Phi) is 5.78. The molecule has 0 N–H and O–H groups in total. The lowest BCUT2D eigenvalue weighted by atomic mass is 9.44. The summed E-state index contributed by atoms with van der Waals surface area (Å²) >= 11 is 6.02. The molecule has 0 bridgehead atoms. The van der Waals surface area contributed by atoms with Crippen molar-refractivity contribution in [1.29, 1.82) is 0 Å². The predicted molar refractivity (Wildman–Crippen MR) is 123 cm³/mol. The van der Waals surface area contributed by atoms with Crippen molar-refractivity contribution in [2.24, 2.45) is 46.3 Å². The van der Waals surface area contributed by atoms with Gasteiger partial charge < -0.3 is 4.74 Å². The number of hydrogen-bond donors (Lipinski definition) is 0. The van der Waals surface area contributed by atoms with Crippen molar-refractivity contribution in [2.45, 2.75) is 78.2 Å². The van der Waals surface area contributed by atoms with Crippen molar-refractivity contribution < 1.29 is 9.53 Å². The van der Waals surface area contributed by atoms with Gasteiger partial charge in [0.05, 0.1) is 24.4 Å². The van der Waals surface area contributed by atoms with Gasteiger partial charge in [-0.3, -0.25) is 9.48 Å². The number of fused-ring (bicyclic) bond motifs is 5. The van der Waals surface area contributed by atoms with Crippen molar-refractivity contribution in [3.05, 3.63) is 17.4 Å². The van der Waals surface area contributed by atoms with Crippen molar-refractivity contribution in [3.63, 3.8) is 0 Å². The van der Waals surface area contributed by atoms with Gasteiger partial charge in [0.15, 0.2) is 5.78 Å². The van der Waals surface area contributed by atoms with Gasteiger partial charge in [0.1, 0.15) is 0 Å². The van der Waals surface area contributed by atoms with Gasteiger partial charge in [-0.05, 0) is 91.8 Å². The standard InChI is InChI=1S/C26H39ClN2O2/c1-17-8-11-26(16-31-3)18(12-17)4-5-20-21-6-7-23(25(21,2)10-9-22(20)26)24(30)15-29-14-19(27)13-28-29/h13-14,17-18,20-23H,4-12,15-16H2,1-3H3. The highest BCUT2D eigenvalue weighted by molar-refractivity contribution is 6.30. The molecule has 4 saturated carbocycles. The fraction of sp³-hybridized carbons (Fsp3) is 0.846. The van der Waals surface area contributed by atoms with Crippen LogP contribution in [0.25, 0.3) is 0 Å². The molecule has 4 aliphatic carbocycles. The van der Waals surface area contributed by atoms with E-state index in [2.05, 4.69) is 18.9 Å². The number of aromatic nitrogens is 2. The highest BCUT2D eigenvalue weighted by Crippen LogP contribution is 2.68. The summed E-state index contributed by atoms with van der Waals surface area (Å²) in [5.74, 6) is 4.48. The molecule has 1 aromatic rings. The van der Waals surface area contributed by atoms with Crippen LogP contribution in [-0.4, -0.2) is 29.3 Å². The molecule has 4 fully saturated rings. The van der Waals surface area contributed by atoms with Crippen LogP contribution in [0.3, 0.4) is 0 Å². The lowest BCUT2D eigenvalue weighted by molar-refractivity contribution is -0.154. The maximum absolute atomic E-state index is 13.3. The molecular weight excluding hydrogens is 408 g/mol. The van der Waals surface area contributed by atoms with Crippen molar-refractivity contribution in [2.75, 3.05) is 13.7 Å². The summed E-state index contributed by atoms with van der Waals surface area (Å²) in [6.07, 6.45) is 15.0. The van der Waals surface area contributed by atoms with E-state index in [4.69, 9.17) is 16.3 Å². The van der Waals surface area contributed by atoms with Gasteiger partial charge in [0, 0.05) is 19.2 Å². The van der Waals surface area contributed by atoms with E-state index < -0.39 is 0 Å². The Morgan fingerprint density at radius 1 is 1.19 bits per heavy atom. The minimum absolute atomic E-state index is 0.151. The Morgan fingerprint density at radius 2 is 2.03 bits per heavy atom. The summed E-state index contributed by atoms with van der Waals surface area (Å²) < 4.78 is 7.63. The maximum atomic E-state index is 13.3. The zero-order valence-corrected chi connectivity index (χ0v) is 20.2. The second-order valence-corrected chi connectivity index (χ2v) is 12.1. The van der Waals surface area contributed by atoms with Gasteiger partial charge in [-0.2, -0.15) is 5.10 Å². The van der Waals surface area contributed by atoms with Crippen LogP contribution in [0.1, 0.15) is 71.6 Å². The summed E-state index contributed by atoms with van der Waals surface area (Å²) in [7, 11) is 1.91. The number of rotatable bonds is 5. The number of halogens is 1. The van der Waals surface area contributed by atoms with Crippen LogP contribution in [0.2, 0.25) is 5.02 Å². The third-order valence-corrected chi connectivity index (χ3v) is 10.5. The SMILES string of the molecule is COCC12CCC(C)CC1CCC1C3CCC(C(=O)Cn4cc(Cl)cn4)C3(C)CCC12. The summed E-state index contributed by atoms with van der Waals surface area (Å²) in [4.78, 5) is 13.3. The summed E-state index contributed by atoms with van der Waals surface area (Å²) in [5, 5.41) is 4.85. The highest BCUT2D eigenvalue weighted by Gasteiger charge is 2.62. The average Bonchev–Trinajstić information content (AvgIpc) is 3.30. The van der Waals surface area contributed by atoms with Gasteiger partial charge >= 0.3 is 0 Å². The zero-order valence-electron chi connectivity index (χ0n) is 19.5. The fourth-order valence-corrected chi connectivity index (χ4v) is 9.19. The van der Waals surface area contributed by atoms with Gasteiger partial charge in [-0.15, -0.1) is 0 Å². The molecular formula is C26H39ClN2O2. The molecule has 5 rings (SSSR count). The number of hydrogen-bond acceptors (Lipinski definition) is 3. The van der Waals surface area contributed by atoms with Crippen LogP contribution in [-0.2, 0) is 16.1 Å². The fourth-order valence-electron chi connectivity index (χ4n) is 9.04. The van der Waals surface area contributed by atoms with Crippen LogP contribution in [0.4, 0.5) is 0 Å². The molecule has 4 nitrogen and oxygen atoms in total. The van der Waals surface area contributed by atoms with Crippen LogP contribution >= 0.6 is 11.6 Å². The Morgan fingerprint density at radius 3 is 2.77 bits per heavy atom. The quantitative estimate of drug-likeness (QED) is 0.554. The Bertz CT molecular complexity index is 824. The predicted octanol–water partition coefficient (Wildman–Crippen LogP) is 6.03. The molecule has 8 unspecified atom stereocenters. The first-order valence-electron chi connectivity index (χ1n) is 12.6. The van der Waals surface area contributed by atoms with Crippen molar-refractivity contribution in [1.82, 2.24) is 9.78 Å². The third kappa shape index (κ3) is 3.51. The van der Waals surface area contributed by atoms with E-state index in [1.807, 2.05) is 7.11 Å². The molecule has 1 aromatic heterocycles. The second kappa shape index (κ2) is 8.17. The first-order valence-corrected chi connectivity index (χ1v) is 12.9. The molecule has 1 heterocycles.